The molecule has 86 valence electrons. The average molecular weight is 223 g/mol. The van der Waals surface area contributed by atoms with Crippen molar-refractivity contribution in [2.75, 3.05) is 27.4 Å². The maximum Gasteiger partial charge on any atom is 0.0541 e. The quantitative estimate of drug-likeness (QED) is 0.588. The van der Waals surface area contributed by atoms with E-state index in [0.29, 0.717) is 0 Å². The van der Waals surface area contributed by atoms with Gasteiger partial charge in [-0.2, -0.15) is 0 Å². The summed E-state index contributed by atoms with van der Waals surface area (Å²) >= 11 is 6.06. The topological polar surface area (TPSA) is 18.5 Å². The van der Waals surface area contributed by atoms with E-state index in [2.05, 4.69) is 6.92 Å². The van der Waals surface area contributed by atoms with Gasteiger partial charge in [-0.25, -0.2) is 0 Å². The molecule has 14 heavy (non-hydrogen) atoms. The fourth-order valence-electron chi connectivity index (χ4n) is 2.15. The summed E-state index contributed by atoms with van der Waals surface area (Å²) in [5.74, 6) is 0. The van der Waals surface area contributed by atoms with Crippen LogP contribution < -0.4 is 0 Å². The van der Waals surface area contributed by atoms with Gasteiger partial charge in [-0.15, -0.1) is 11.6 Å². The van der Waals surface area contributed by atoms with Crippen molar-refractivity contribution in [1.82, 2.24) is 0 Å². The first-order valence-electron chi connectivity index (χ1n) is 5.22. The maximum atomic E-state index is 6.06. The monoisotopic (exact) mass is 222 g/mol. The molecule has 0 fully saturated rings. The third-order valence-corrected chi connectivity index (χ3v) is 2.55. The van der Waals surface area contributed by atoms with Crippen LogP contribution in [0, 0.1) is 5.41 Å². The molecule has 0 bridgehead atoms. The van der Waals surface area contributed by atoms with Crippen molar-refractivity contribution in [2.45, 2.75) is 38.5 Å². The van der Waals surface area contributed by atoms with Gasteiger partial charge in [-0.1, -0.05) is 13.3 Å². The van der Waals surface area contributed by atoms with Crippen molar-refractivity contribution in [3.63, 3.8) is 0 Å². The van der Waals surface area contributed by atoms with Crippen LogP contribution in [0.5, 0.6) is 0 Å². The van der Waals surface area contributed by atoms with Crippen molar-refractivity contribution in [1.29, 1.82) is 0 Å². The molecule has 0 aromatic heterocycles. The zero-order valence-electron chi connectivity index (χ0n) is 9.81. The molecule has 0 saturated heterocycles. The van der Waals surface area contributed by atoms with Gasteiger partial charge < -0.3 is 9.47 Å². The van der Waals surface area contributed by atoms with Crippen LogP contribution in [0.15, 0.2) is 0 Å². The molecular formula is C11H23ClO2. The fourth-order valence-corrected chi connectivity index (χ4v) is 2.47. The lowest BCUT2D eigenvalue weighted by atomic mass is 9.80. The molecule has 0 aromatic rings. The molecule has 0 aliphatic rings. The Kier molecular flexibility index (Phi) is 7.61. The first kappa shape index (κ1) is 14.2. The normalized spacial score (nSPS) is 14.4. The summed E-state index contributed by atoms with van der Waals surface area (Å²) in [6.45, 7) is 5.66. The van der Waals surface area contributed by atoms with Gasteiger partial charge in [0.2, 0.25) is 0 Å². The summed E-state index contributed by atoms with van der Waals surface area (Å²) in [5, 5.41) is 0.173. The smallest absolute Gasteiger partial charge is 0.0541 e. The van der Waals surface area contributed by atoms with Gasteiger partial charge >= 0.3 is 0 Å². The molecule has 1 unspecified atom stereocenters. The van der Waals surface area contributed by atoms with Gasteiger partial charge in [0.15, 0.2) is 0 Å². The van der Waals surface area contributed by atoms with Crippen LogP contribution >= 0.6 is 11.6 Å². The van der Waals surface area contributed by atoms with Crippen LogP contribution in [0.2, 0.25) is 0 Å². The SMILES string of the molecule is CCCC(COC)(COC)CC(C)Cl. The van der Waals surface area contributed by atoms with E-state index in [1.807, 2.05) is 6.92 Å². The second-order valence-electron chi connectivity index (χ2n) is 4.10. The van der Waals surface area contributed by atoms with Crippen molar-refractivity contribution >= 4 is 11.6 Å². The standard InChI is InChI=1S/C11H23ClO2/c1-5-6-11(8-13-3,9-14-4)7-10(2)12/h10H,5-9H2,1-4H3. The molecule has 0 aliphatic carbocycles. The molecular weight excluding hydrogens is 200 g/mol. The molecule has 2 nitrogen and oxygen atoms in total. The summed E-state index contributed by atoms with van der Waals surface area (Å²) in [6, 6.07) is 0. The highest BCUT2D eigenvalue weighted by Gasteiger charge is 2.30. The highest BCUT2D eigenvalue weighted by Crippen LogP contribution is 2.32. The van der Waals surface area contributed by atoms with E-state index in [-0.39, 0.29) is 10.8 Å². The highest BCUT2D eigenvalue weighted by molar-refractivity contribution is 6.20. The van der Waals surface area contributed by atoms with Crippen LogP contribution in [0.3, 0.4) is 0 Å². The Morgan fingerprint density at radius 3 is 2.00 bits per heavy atom. The zero-order valence-corrected chi connectivity index (χ0v) is 10.6. The average Bonchev–Trinajstić information content (AvgIpc) is 2.03. The number of alkyl halides is 1. The summed E-state index contributed by atoms with van der Waals surface area (Å²) in [6.07, 6.45) is 3.19. The van der Waals surface area contributed by atoms with Gasteiger partial charge in [0.25, 0.3) is 0 Å². The summed E-state index contributed by atoms with van der Waals surface area (Å²) in [7, 11) is 3.47. The molecule has 0 heterocycles. The van der Waals surface area contributed by atoms with E-state index in [0.717, 1.165) is 32.5 Å². The molecule has 3 heteroatoms. The van der Waals surface area contributed by atoms with Crippen LogP contribution in [0.1, 0.15) is 33.1 Å². The van der Waals surface area contributed by atoms with E-state index in [1.165, 1.54) is 0 Å². The Morgan fingerprint density at radius 1 is 1.21 bits per heavy atom. The summed E-state index contributed by atoms with van der Waals surface area (Å²) < 4.78 is 10.5. The summed E-state index contributed by atoms with van der Waals surface area (Å²) in [5.41, 5.74) is 0.0966. The minimum absolute atomic E-state index is 0.0966. The zero-order chi connectivity index (χ0) is 11.0. The molecule has 0 radical (unpaired) electrons. The van der Waals surface area contributed by atoms with Crippen molar-refractivity contribution in [3.8, 4) is 0 Å². The van der Waals surface area contributed by atoms with Crippen molar-refractivity contribution < 1.29 is 9.47 Å². The molecule has 0 aliphatic heterocycles. The first-order valence-corrected chi connectivity index (χ1v) is 5.66. The fraction of sp³-hybridized carbons (Fsp3) is 1.00. The highest BCUT2D eigenvalue weighted by atomic mass is 35.5. The van der Waals surface area contributed by atoms with Gasteiger partial charge in [0, 0.05) is 25.0 Å². The third kappa shape index (κ3) is 5.18. The van der Waals surface area contributed by atoms with Crippen molar-refractivity contribution in [3.05, 3.63) is 0 Å². The number of halogens is 1. The van der Waals surface area contributed by atoms with E-state index in [9.17, 15) is 0 Å². The Hall–Kier alpha value is 0.210. The predicted molar refractivity (Wildman–Crippen MR) is 61.0 cm³/mol. The second-order valence-corrected chi connectivity index (χ2v) is 4.85. The lowest BCUT2D eigenvalue weighted by molar-refractivity contribution is -0.00161. The number of methoxy groups -OCH3 is 2. The Bertz CT molecular complexity index is 120. The lowest BCUT2D eigenvalue weighted by Crippen LogP contribution is -2.33. The molecule has 0 aromatic carbocycles. The Labute approximate surface area is 92.9 Å². The molecule has 0 amide bonds. The maximum absolute atomic E-state index is 6.06. The number of ether oxygens (including phenoxy) is 2. The first-order chi connectivity index (χ1) is 6.60. The van der Waals surface area contributed by atoms with Crippen LogP contribution in [0.25, 0.3) is 0 Å². The Morgan fingerprint density at radius 2 is 1.71 bits per heavy atom. The van der Waals surface area contributed by atoms with Gasteiger partial charge in [0.05, 0.1) is 13.2 Å². The number of hydrogen-bond acceptors (Lipinski definition) is 2. The van der Waals surface area contributed by atoms with Gasteiger partial charge in [0.1, 0.15) is 0 Å². The van der Waals surface area contributed by atoms with Crippen LogP contribution in [-0.4, -0.2) is 32.8 Å². The predicted octanol–water partition coefficient (Wildman–Crippen LogP) is 3.08. The van der Waals surface area contributed by atoms with Gasteiger partial charge in [-0.3, -0.25) is 0 Å². The van der Waals surface area contributed by atoms with Crippen LogP contribution in [0.4, 0.5) is 0 Å². The largest absolute Gasteiger partial charge is 0.384 e. The second kappa shape index (κ2) is 7.49. The molecule has 0 spiro atoms. The van der Waals surface area contributed by atoms with E-state index >= 15 is 0 Å². The van der Waals surface area contributed by atoms with E-state index in [4.69, 9.17) is 21.1 Å². The van der Waals surface area contributed by atoms with Crippen LogP contribution in [-0.2, 0) is 9.47 Å². The number of rotatable bonds is 8. The Balaban J connectivity index is 4.37. The molecule has 0 rings (SSSR count). The minimum atomic E-state index is 0.0966. The number of hydrogen-bond donors (Lipinski definition) is 0. The summed E-state index contributed by atoms with van der Waals surface area (Å²) in [4.78, 5) is 0. The molecule has 0 N–H and O–H groups in total. The molecule has 1 atom stereocenters. The third-order valence-electron chi connectivity index (χ3n) is 2.40. The van der Waals surface area contributed by atoms with E-state index < -0.39 is 0 Å². The van der Waals surface area contributed by atoms with Crippen molar-refractivity contribution in [2.24, 2.45) is 5.41 Å². The molecule has 0 saturated carbocycles. The van der Waals surface area contributed by atoms with E-state index in [1.54, 1.807) is 14.2 Å². The lowest BCUT2D eigenvalue weighted by Gasteiger charge is -2.33. The van der Waals surface area contributed by atoms with Gasteiger partial charge in [-0.05, 0) is 19.8 Å². The minimum Gasteiger partial charge on any atom is -0.384 e.